The third kappa shape index (κ3) is 4.18. The Hall–Kier alpha value is -2.84. The van der Waals surface area contributed by atoms with Crippen molar-refractivity contribution in [2.45, 2.75) is 18.7 Å². The Bertz CT molecular complexity index is 1080. The average molecular weight is 422 g/mol. The van der Waals surface area contributed by atoms with Gasteiger partial charge in [0.25, 0.3) is 0 Å². The van der Waals surface area contributed by atoms with E-state index in [0.717, 1.165) is 0 Å². The summed E-state index contributed by atoms with van der Waals surface area (Å²) in [6.45, 7) is 3.62. The molecule has 0 fully saturated rings. The van der Waals surface area contributed by atoms with Crippen LogP contribution in [0.5, 0.6) is 11.5 Å². The number of rotatable bonds is 6. The van der Waals surface area contributed by atoms with E-state index in [2.05, 4.69) is 9.99 Å². The standard InChI is InChI=1S/C19H16ClNO6S/c1-3-25-17-11-13(9-15-12(2)21-26-19(15)22)10-16(20)18(17)27-28(23,24)14-7-5-4-6-8-14/h4-11H,3H2,1-2H3/b15-9-. The molecule has 0 spiro atoms. The monoisotopic (exact) mass is 421 g/mol. The summed E-state index contributed by atoms with van der Waals surface area (Å²) in [4.78, 5) is 16.3. The summed E-state index contributed by atoms with van der Waals surface area (Å²) in [5.41, 5.74) is 1.19. The molecule has 1 aliphatic heterocycles. The highest BCUT2D eigenvalue weighted by Crippen LogP contribution is 2.39. The van der Waals surface area contributed by atoms with Crippen LogP contribution in [0.25, 0.3) is 6.08 Å². The van der Waals surface area contributed by atoms with Gasteiger partial charge in [-0.05, 0) is 49.8 Å². The highest BCUT2D eigenvalue weighted by Gasteiger charge is 2.24. The van der Waals surface area contributed by atoms with E-state index in [1.54, 1.807) is 32.0 Å². The molecule has 2 aromatic carbocycles. The van der Waals surface area contributed by atoms with Gasteiger partial charge in [-0.1, -0.05) is 35.0 Å². The van der Waals surface area contributed by atoms with E-state index in [1.165, 1.54) is 30.3 Å². The first-order chi connectivity index (χ1) is 13.3. The molecule has 0 atom stereocenters. The third-order valence-corrected chi connectivity index (χ3v) is 5.26. The Balaban J connectivity index is 2.02. The van der Waals surface area contributed by atoms with Crippen LogP contribution in [0.2, 0.25) is 5.02 Å². The van der Waals surface area contributed by atoms with Crippen molar-refractivity contribution in [3.8, 4) is 11.5 Å². The molecule has 0 aliphatic carbocycles. The summed E-state index contributed by atoms with van der Waals surface area (Å²) in [6.07, 6.45) is 1.53. The Morgan fingerprint density at radius 2 is 1.93 bits per heavy atom. The van der Waals surface area contributed by atoms with Gasteiger partial charge in [0.15, 0.2) is 5.75 Å². The van der Waals surface area contributed by atoms with Crippen molar-refractivity contribution < 1.29 is 27.0 Å². The number of carbonyl (C=O) groups is 1. The van der Waals surface area contributed by atoms with Gasteiger partial charge in [-0.25, -0.2) is 4.79 Å². The van der Waals surface area contributed by atoms with Crippen molar-refractivity contribution in [2.75, 3.05) is 6.61 Å². The van der Waals surface area contributed by atoms with Crippen LogP contribution in [0.3, 0.4) is 0 Å². The fraction of sp³-hybridized carbons (Fsp3) is 0.158. The van der Waals surface area contributed by atoms with Crippen LogP contribution in [-0.4, -0.2) is 26.7 Å². The Kier molecular flexibility index (Phi) is 5.71. The SMILES string of the molecule is CCOc1cc(/C=C2\C(=O)ON=C2C)cc(Cl)c1OS(=O)(=O)c1ccccc1. The predicted octanol–water partition coefficient (Wildman–Crippen LogP) is 3.82. The lowest BCUT2D eigenvalue weighted by Crippen LogP contribution is -2.11. The highest BCUT2D eigenvalue weighted by molar-refractivity contribution is 7.87. The lowest BCUT2D eigenvalue weighted by atomic mass is 10.1. The summed E-state index contributed by atoms with van der Waals surface area (Å²) >= 11 is 6.28. The second kappa shape index (κ2) is 8.04. The first-order valence-corrected chi connectivity index (χ1v) is 10.0. The molecule has 28 heavy (non-hydrogen) atoms. The van der Waals surface area contributed by atoms with Gasteiger partial charge in [-0.15, -0.1) is 0 Å². The molecule has 0 bridgehead atoms. The van der Waals surface area contributed by atoms with Crippen LogP contribution >= 0.6 is 11.6 Å². The first-order valence-electron chi connectivity index (χ1n) is 8.25. The Labute approximate surface area is 167 Å². The number of ether oxygens (including phenoxy) is 1. The summed E-state index contributed by atoms with van der Waals surface area (Å²) in [6, 6.07) is 10.7. The van der Waals surface area contributed by atoms with Crippen molar-refractivity contribution in [3.05, 3.63) is 58.6 Å². The van der Waals surface area contributed by atoms with E-state index in [-0.39, 0.29) is 33.6 Å². The van der Waals surface area contributed by atoms with Gasteiger partial charge < -0.3 is 13.8 Å². The van der Waals surface area contributed by atoms with E-state index in [0.29, 0.717) is 11.3 Å². The highest BCUT2D eigenvalue weighted by atomic mass is 35.5. The Morgan fingerprint density at radius 1 is 1.21 bits per heavy atom. The van der Waals surface area contributed by atoms with E-state index >= 15 is 0 Å². The lowest BCUT2D eigenvalue weighted by molar-refractivity contribution is -0.136. The zero-order valence-electron chi connectivity index (χ0n) is 15.0. The van der Waals surface area contributed by atoms with E-state index in [9.17, 15) is 13.2 Å². The van der Waals surface area contributed by atoms with Crippen molar-refractivity contribution in [2.24, 2.45) is 5.16 Å². The van der Waals surface area contributed by atoms with Crippen molar-refractivity contribution in [3.63, 3.8) is 0 Å². The van der Waals surface area contributed by atoms with Gasteiger partial charge in [0.05, 0.1) is 22.9 Å². The van der Waals surface area contributed by atoms with E-state index in [1.807, 2.05) is 0 Å². The molecule has 146 valence electrons. The average Bonchev–Trinajstić information content (AvgIpc) is 2.97. The molecule has 1 aliphatic rings. The molecule has 0 unspecified atom stereocenters. The van der Waals surface area contributed by atoms with Crippen LogP contribution in [0.1, 0.15) is 19.4 Å². The second-order valence-corrected chi connectivity index (χ2v) is 7.68. The molecule has 3 rings (SSSR count). The Morgan fingerprint density at radius 3 is 2.54 bits per heavy atom. The molecule has 2 aromatic rings. The van der Waals surface area contributed by atoms with Crippen molar-refractivity contribution >= 4 is 39.5 Å². The van der Waals surface area contributed by atoms with E-state index in [4.69, 9.17) is 20.5 Å². The maximum atomic E-state index is 12.5. The van der Waals surface area contributed by atoms with Gasteiger partial charge in [0.1, 0.15) is 4.90 Å². The van der Waals surface area contributed by atoms with Crippen LogP contribution in [-0.2, 0) is 19.8 Å². The fourth-order valence-corrected chi connectivity index (χ4v) is 3.73. The quantitative estimate of drug-likeness (QED) is 0.400. The first kappa shape index (κ1) is 19.9. The number of benzene rings is 2. The summed E-state index contributed by atoms with van der Waals surface area (Å²) in [5.74, 6) is -0.588. The van der Waals surface area contributed by atoms with Crippen LogP contribution in [0.15, 0.2) is 58.1 Å². The molecule has 0 amide bonds. The largest absolute Gasteiger partial charge is 0.490 e. The maximum absolute atomic E-state index is 12.5. The lowest BCUT2D eigenvalue weighted by Gasteiger charge is -2.14. The van der Waals surface area contributed by atoms with Gasteiger partial charge >= 0.3 is 16.1 Å². The molecule has 1 heterocycles. The topological polar surface area (TPSA) is 91.3 Å². The van der Waals surface area contributed by atoms with Crippen LogP contribution < -0.4 is 8.92 Å². The zero-order chi connectivity index (χ0) is 20.3. The summed E-state index contributed by atoms with van der Waals surface area (Å²) in [5, 5.41) is 3.62. The number of hydrogen-bond donors (Lipinski definition) is 0. The normalized spacial score (nSPS) is 15.3. The molecule has 0 saturated heterocycles. The van der Waals surface area contributed by atoms with Gasteiger partial charge in [0.2, 0.25) is 5.75 Å². The molecule has 7 nitrogen and oxygen atoms in total. The molecule has 0 radical (unpaired) electrons. The fourth-order valence-electron chi connectivity index (χ4n) is 2.45. The molecular weight excluding hydrogens is 406 g/mol. The smallest absolute Gasteiger partial charge is 0.367 e. The minimum absolute atomic E-state index is 0.0123. The molecule has 0 N–H and O–H groups in total. The van der Waals surface area contributed by atoms with Gasteiger partial charge in [-0.2, -0.15) is 8.42 Å². The molecular formula is C19H16ClNO6S. The number of nitrogens with zero attached hydrogens (tertiary/aromatic N) is 1. The molecule has 0 saturated carbocycles. The zero-order valence-corrected chi connectivity index (χ0v) is 16.6. The van der Waals surface area contributed by atoms with Crippen molar-refractivity contribution in [1.29, 1.82) is 0 Å². The number of halogens is 1. The second-order valence-electron chi connectivity index (χ2n) is 5.73. The van der Waals surface area contributed by atoms with Crippen LogP contribution in [0.4, 0.5) is 0 Å². The number of hydrogen-bond acceptors (Lipinski definition) is 7. The minimum atomic E-state index is -4.10. The third-order valence-electron chi connectivity index (χ3n) is 3.74. The van der Waals surface area contributed by atoms with Gasteiger partial charge in [0, 0.05) is 0 Å². The predicted molar refractivity (Wildman–Crippen MR) is 104 cm³/mol. The molecule has 0 aromatic heterocycles. The summed E-state index contributed by atoms with van der Waals surface area (Å²) in [7, 11) is -4.10. The minimum Gasteiger partial charge on any atom is -0.490 e. The summed E-state index contributed by atoms with van der Waals surface area (Å²) < 4.78 is 35.8. The maximum Gasteiger partial charge on any atom is 0.367 e. The number of oxime groups is 1. The van der Waals surface area contributed by atoms with Crippen LogP contribution in [0, 0.1) is 0 Å². The van der Waals surface area contributed by atoms with Gasteiger partial charge in [-0.3, -0.25) is 0 Å². The molecule has 9 heteroatoms. The van der Waals surface area contributed by atoms with Crippen molar-refractivity contribution in [1.82, 2.24) is 0 Å². The number of carbonyl (C=O) groups excluding carboxylic acids is 1. The van der Waals surface area contributed by atoms with E-state index < -0.39 is 16.1 Å².